The molecule has 2 aliphatic carbocycles. The van der Waals surface area contributed by atoms with E-state index in [0.717, 1.165) is 12.8 Å². The number of hydrogen-bond acceptors (Lipinski definition) is 12. The molecule has 2 aromatic rings. The Hall–Kier alpha value is -3.66. The summed E-state index contributed by atoms with van der Waals surface area (Å²) in [4.78, 5) is 46.1. The van der Waals surface area contributed by atoms with Crippen molar-refractivity contribution in [2.75, 3.05) is 0 Å². The van der Waals surface area contributed by atoms with Crippen molar-refractivity contribution in [3.05, 3.63) is 41.6 Å². The Kier molecular flexibility index (Phi) is 5.59. The third kappa shape index (κ3) is 3.25. The highest BCUT2D eigenvalue weighted by Gasteiger charge is 2.59. The molecule has 0 atom stereocenters. The minimum absolute atomic E-state index is 0.0717. The molecule has 214 valence electrons. The fraction of sp³-hybridized carbons (Fsp3) is 0.500. The fourth-order valence-electron chi connectivity index (χ4n) is 6.09. The molecule has 4 heterocycles. The van der Waals surface area contributed by atoms with Crippen molar-refractivity contribution in [3.63, 3.8) is 0 Å². The molecule has 2 N–H and O–H groups in total. The van der Waals surface area contributed by atoms with Crippen LogP contribution in [0, 0.1) is 0 Å². The van der Waals surface area contributed by atoms with E-state index in [1.54, 1.807) is 0 Å². The number of nitrogens with zero attached hydrogens (tertiary/aromatic N) is 2. The van der Waals surface area contributed by atoms with Crippen molar-refractivity contribution in [3.8, 4) is 11.8 Å². The van der Waals surface area contributed by atoms with Crippen LogP contribution in [0.1, 0.15) is 75.3 Å². The van der Waals surface area contributed by atoms with Crippen LogP contribution in [0.4, 0.5) is 0 Å². The van der Waals surface area contributed by atoms with Gasteiger partial charge in [-0.2, -0.15) is 9.03 Å². The molecule has 2 saturated carbocycles. The average molecular weight is 597 g/mol. The number of carbonyl (C=O) groups is 2. The maximum Gasteiger partial charge on any atom is 0.351 e. The van der Waals surface area contributed by atoms with Gasteiger partial charge in [-0.25, -0.2) is 26.4 Å². The van der Waals surface area contributed by atoms with Gasteiger partial charge in [-0.1, -0.05) is 12.8 Å². The van der Waals surface area contributed by atoms with E-state index in [0.29, 0.717) is 42.4 Å². The van der Waals surface area contributed by atoms with Crippen LogP contribution < -0.4 is 11.1 Å². The molecule has 2 aromatic heterocycles. The molecule has 0 radical (unpaired) electrons. The zero-order valence-electron chi connectivity index (χ0n) is 20.9. The number of carbonyl (C=O) groups excluding carboxylic acids is 2. The van der Waals surface area contributed by atoms with Crippen LogP contribution in [-0.4, -0.2) is 57.9 Å². The maximum atomic E-state index is 13.2. The molecule has 0 amide bonds. The average Bonchev–Trinajstić information content (AvgIpc) is 3.43. The van der Waals surface area contributed by atoms with Crippen molar-refractivity contribution in [1.29, 1.82) is 0 Å². The number of aromatic hydroxyl groups is 2. The Balaban J connectivity index is 1.47. The van der Waals surface area contributed by atoms with E-state index in [9.17, 15) is 46.2 Å². The minimum atomic E-state index is -4.38. The van der Waals surface area contributed by atoms with E-state index >= 15 is 0 Å². The number of esters is 2. The molecule has 0 bridgehead atoms. The van der Waals surface area contributed by atoms with Crippen LogP contribution in [0.15, 0.2) is 19.4 Å². The molecule has 16 heteroatoms. The third-order valence-corrected chi connectivity index (χ3v) is 12.9. The van der Waals surface area contributed by atoms with Gasteiger partial charge in [0, 0.05) is 25.7 Å². The van der Waals surface area contributed by atoms with Gasteiger partial charge >= 0.3 is 11.9 Å². The monoisotopic (exact) mass is 596 g/mol. The normalized spacial score (nSPS) is 26.7. The first-order valence-corrected chi connectivity index (χ1v) is 15.7. The number of aromatic nitrogens is 2. The van der Waals surface area contributed by atoms with Gasteiger partial charge in [-0.15, -0.1) is 0 Å². The predicted molar refractivity (Wildman–Crippen MR) is 136 cm³/mol. The SMILES string of the molecule is O=C1OC2(CCCCC2)S(=O)(=O)/C1=C/c1c(O)n2c(O)c(/C=C3\C(=O)OC4(CCCCC4)S3(=O)=O)c(=O)n2c1=O. The van der Waals surface area contributed by atoms with Crippen LogP contribution >= 0.6 is 0 Å². The Labute approximate surface area is 226 Å². The second-order valence-corrected chi connectivity index (χ2v) is 14.8. The van der Waals surface area contributed by atoms with Crippen molar-refractivity contribution in [1.82, 2.24) is 9.03 Å². The standard InChI is InChI=1S/C24H24N2O12S2/c27-17-13(11-15-21(31)37-23(39(15,33)34)7-3-1-4-8-23)18(28)26-20(30)14(19(29)25(17)26)12-16-22(32)38-24(40(16,35)36)9-5-2-6-10-24/h11-12,27,29H,1-10H2/b15-11+,16-12+. The number of ether oxygens (including phenoxy) is 2. The maximum absolute atomic E-state index is 13.2. The molecule has 6 rings (SSSR count). The third-order valence-electron chi connectivity index (χ3n) is 8.23. The summed E-state index contributed by atoms with van der Waals surface area (Å²) in [5, 5.41) is 21.5. The van der Waals surface area contributed by atoms with Crippen LogP contribution in [0.5, 0.6) is 11.8 Å². The van der Waals surface area contributed by atoms with E-state index in [4.69, 9.17) is 9.47 Å². The summed E-state index contributed by atoms with van der Waals surface area (Å²) in [5.74, 6) is -4.61. The first-order valence-electron chi connectivity index (χ1n) is 12.7. The van der Waals surface area contributed by atoms with Crippen molar-refractivity contribution in [2.45, 2.75) is 74.1 Å². The predicted octanol–water partition coefficient (Wildman–Crippen LogP) is 0.554. The Morgan fingerprint density at radius 1 is 0.600 bits per heavy atom. The summed E-state index contributed by atoms with van der Waals surface area (Å²) < 4.78 is 63.9. The van der Waals surface area contributed by atoms with Gasteiger partial charge in [0.2, 0.25) is 41.3 Å². The van der Waals surface area contributed by atoms with Gasteiger partial charge in [0.05, 0.1) is 0 Å². The largest absolute Gasteiger partial charge is 0.493 e. The number of sulfone groups is 2. The summed E-state index contributed by atoms with van der Waals surface area (Å²) in [6, 6.07) is 0. The van der Waals surface area contributed by atoms with Crippen LogP contribution in [-0.2, 0) is 38.7 Å². The van der Waals surface area contributed by atoms with Crippen molar-refractivity contribution >= 4 is 43.8 Å². The zero-order chi connectivity index (χ0) is 28.8. The Bertz CT molecular complexity index is 1750. The summed E-state index contributed by atoms with van der Waals surface area (Å²) in [6.07, 6.45) is 5.02. The number of rotatable bonds is 2. The first kappa shape index (κ1) is 26.6. The lowest BCUT2D eigenvalue weighted by molar-refractivity contribution is -0.146. The van der Waals surface area contributed by atoms with E-state index in [2.05, 4.69) is 0 Å². The molecule has 0 unspecified atom stereocenters. The van der Waals surface area contributed by atoms with Crippen LogP contribution in [0.2, 0.25) is 0 Å². The molecular weight excluding hydrogens is 572 g/mol. The highest BCUT2D eigenvalue weighted by Crippen LogP contribution is 2.47. The van der Waals surface area contributed by atoms with E-state index < -0.39 is 85.3 Å². The highest BCUT2D eigenvalue weighted by molar-refractivity contribution is 7.98. The van der Waals surface area contributed by atoms with Gasteiger partial charge < -0.3 is 19.7 Å². The second-order valence-electron chi connectivity index (χ2n) is 10.5. The Morgan fingerprint density at radius 2 is 0.950 bits per heavy atom. The quantitative estimate of drug-likeness (QED) is 0.360. The molecule has 40 heavy (non-hydrogen) atoms. The Morgan fingerprint density at radius 3 is 1.27 bits per heavy atom. The molecule has 2 aliphatic heterocycles. The summed E-state index contributed by atoms with van der Waals surface area (Å²) in [5.41, 5.74) is -4.18. The zero-order valence-corrected chi connectivity index (χ0v) is 22.5. The molecule has 2 spiro atoms. The lowest BCUT2D eigenvalue weighted by Gasteiger charge is -2.29. The lowest BCUT2D eigenvalue weighted by Crippen LogP contribution is -2.38. The van der Waals surface area contributed by atoms with Crippen LogP contribution in [0.25, 0.3) is 12.2 Å². The van der Waals surface area contributed by atoms with E-state index in [-0.39, 0.29) is 30.2 Å². The van der Waals surface area contributed by atoms with Gasteiger partial charge in [-0.3, -0.25) is 9.59 Å². The van der Waals surface area contributed by atoms with Gasteiger partial charge in [0.15, 0.2) is 9.81 Å². The molecule has 14 nitrogen and oxygen atoms in total. The molecule has 0 aromatic carbocycles. The van der Waals surface area contributed by atoms with Gasteiger partial charge in [0.1, 0.15) is 11.1 Å². The molecule has 4 aliphatic rings. The van der Waals surface area contributed by atoms with Crippen LogP contribution in [0.3, 0.4) is 0 Å². The molecular formula is C24H24N2O12S2. The molecule has 4 fully saturated rings. The second kappa shape index (κ2) is 8.42. The first-order chi connectivity index (χ1) is 18.8. The van der Waals surface area contributed by atoms with Crippen molar-refractivity contribution < 1.29 is 46.1 Å². The summed E-state index contributed by atoms with van der Waals surface area (Å²) in [7, 11) is -8.75. The van der Waals surface area contributed by atoms with E-state index in [1.807, 2.05) is 0 Å². The van der Waals surface area contributed by atoms with Gasteiger partial charge in [-0.05, 0) is 37.8 Å². The lowest BCUT2D eigenvalue weighted by atomic mass is 9.97. The molecule has 2 saturated heterocycles. The minimum Gasteiger partial charge on any atom is -0.493 e. The topological polar surface area (TPSA) is 204 Å². The fourth-order valence-corrected chi connectivity index (χ4v) is 9.98. The smallest absolute Gasteiger partial charge is 0.351 e. The van der Waals surface area contributed by atoms with Gasteiger partial charge in [0.25, 0.3) is 11.1 Å². The van der Waals surface area contributed by atoms with E-state index in [1.165, 1.54) is 0 Å². The highest BCUT2D eigenvalue weighted by atomic mass is 32.2. The number of hydrogen-bond donors (Lipinski definition) is 2. The number of fused-ring (bicyclic) bond motifs is 1. The summed E-state index contributed by atoms with van der Waals surface area (Å²) in [6.45, 7) is 0. The van der Waals surface area contributed by atoms with Crippen molar-refractivity contribution in [2.24, 2.45) is 0 Å². The summed E-state index contributed by atoms with van der Waals surface area (Å²) >= 11 is 0.